The molecule has 0 aromatic carbocycles. The summed E-state index contributed by atoms with van der Waals surface area (Å²) in [4.78, 5) is 0. The van der Waals surface area contributed by atoms with Gasteiger partial charge in [-0.1, -0.05) is 11.6 Å². The molecule has 0 radical (unpaired) electrons. The van der Waals surface area contributed by atoms with Gasteiger partial charge in [-0.25, -0.2) is 8.57 Å². The molecule has 0 amide bonds. The molecule has 0 N–H and O–H groups in total. The maximum absolute atomic E-state index is 12.9. The average molecular weight is 231 g/mol. The molecule has 6 heteroatoms. The Morgan fingerprint density at radius 2 is 2.38 bits per heavy atom. The number of rotatable bonds is 3. The van der Waals surface area contributed by atoms with Gasteiger partial charge >= 0.3 is 11.4 Å². The lowest BCUT2D eigenvalue weighted by Gasteiger charge is -2.31. The summed E-state index contributed by atoms with van der Waals surface area (Å²) in [6, 6.07) is 0. The fourth-order valence-corrected chi connectivity index (χ4v) is 2.27. The van der Waals surface area contributed by atoms with E-state index in [-0.39, 0.29) is 6.42 Å². The van der Waals surface area contributed by atoms with Gasteiger partial charge < -0.3 is 0 Å². The van der Waals surface area contributed by atoms with Gasteiger partial charge in [-0.15, -0.1) is 0 Å². The van der Waals surface area contributed by atoms with Crippen LogP contribution in [-0.2, 0) is 19.7 Å². The molecule has 0 saturated heterocycles. The van der Waals surface area contributed by atoms with Crippen LogP contribution in [0.25, 0.3) is 0 Å². The zero-order chi connectivity index (χ0) is 9.90. The van der Waals surface area contributed by atoms with Crippen LogP contribution >= 0.6 is 11.6 Å². The van der Waals surface area contributed by atoms with E-state index in [0.717, 1.165) is 0 Å². The summed E-state index contributed by atoms with van der Waals surface area (Å²) < 4.78 is 33.1. The molecular formula is C7H12ClFO3S. The summed E-state index contributed by atoms with van der Waals surface area (Å²) in [6.07, 6.45) is 0.747. The molecule has 0 aromatic rings. The minimum Gasteiger partial charge on any atom is -0.272 e. The Bertz CT molecular complexity index is 204. The van der Waals surface area contributed by atoms with Crippen LogP contribution in [0.15, 0.2) is 0 Å². The van der Waals surface area contributed by atoms with Crippen molar-refractivity contribution in [3.05, 3.63) is 0 Å². The molecule has 0 bridgehead atoms. The first-order chi connectivity index (χ1) is 6.06. The van der Waals surface area contributed by atoms with Crippen molar-refractivity contribution in [2.75, 3.05) is 7.11 Å². The molecular weight excluding hydrogens is 219 g/mol. The van der Waals surface area contributed by atoms with Gasteiger partial charge in [0.25, 0.3) is 0 Å². The minimum atomic E-state index is -1.88. The molecule has 0 aliphatic heterocycles. The van der Waals surface area contributed by atoms with E-state index in [1.807, 2.05) is 0 Å². The van der Waals surface area contributed by atoms with Gasteiger partial charge in [0.2, 0.25) is 0 Å². The monoisotopic (exact) mass is 230 g/mol. The molecule has 0 aromatic heterocycles. The van der Waals surface area contributed by atoms with Crippen LogP contribution < -0.4 is 0 Å². The molecule has 78 valence electrons. The highest BCUT2D eigenvalue weighted by atomic mass is 35.5. The highest BCUT2D eigenvalue weighted by molar-refractivity contribution is 7.75. The van der Waals surface area contributed by atoms with Crippen molar-refractivity contribution in [1.29, 1.82) is 0 Å². The molecule has 13 heavy (non-hydrogen) atoms. The normalized spacial score (nSPS) is 37.3. The second-order valence-electron chi connectivity index (χ2n) is 3.03. The second-order valence-corrected chi connectivity index (χ2v) is 4.63. The largest absolute Gasteiger partial charge is 0.306 e. The smallest absolute Gasteiger partial charge is 0.272 e. The van der Waals surface area contributed by atoms with Crippen molar-refractivity contribution < 1.29 is 17.0 Å². The van der Waals surface area contributed by atoms with E-state index >= 15 is 0 Å². The minimum absolute atomic E-state index is 0.0731. The Morgan fingerprint density at radius 3 is 2.92 bits per heavy atom. The molecule has 0 heterocycles. The summed E-state index contributed by atoms with van der Waals surface area (Å²) in [6.45, 7) is 0. The van der Waals surface area contributed by atoms with Gasteiger partial charge in [0.1, 0.15) is 6.17 Å². The van der Waals surface area contributed by atoms with Crippen LogP contribution in [0.3, 0.4) is 0 Å². The lowest BCUT2D eigenvalue weighted by molar-refractivity contribution is 0.0698. The van der Waals surface area contributed by atoms with Gasteiger partial charge in [-0.05, 0) is 19.3 Å². The Labute approximate surface area is 84.4 Å². The van der Waals surface area contributed by atoms with Gasteiger partial charge in [-0.2, -0.15) is 4.21 Å². The van der Waals surface area contributed by atoms with Crippen molar-refractivity contribution in [2.45, 2.75) is 36.9 Å². The van der Waals surface area contributed by atoms with Crippen molar-refractivity contribution in [2.24, 2.45) is 0 Å². The molecule has 1 aliphatic carbocycles. The fraction of sp³-hybridized carbons (Fsp3) is 1.00. The summed E-state index contributed by atoms with van der Waals surface area (Å²) in [5.41, 5.74) is 0. The molecule has 1 rings (SSSR count). The van der Waals surface area contributed by atoms with E-state index in [2.05, 4.69) is 4.18 Å². The standard InChI is InChI=1S/C7H12ClFO3S/c1-11-13(10)12-7(8)4-2-3-6(9)5-7/h6H,2-5H2,1H3. The molecule has 0 spiro atoms. The van der Waals surface area contributed by atoms with E-state index in [9.17, 15) is 8.60 Å². The molecule has 3 unspecified atom stereocenters. The van der Waals surface area contributed by atoms with Crippen LogP contribution in [-0.4, -0.2) is 22.6 Å². The van der Waals surface area contributed by atoms with Crippen LogP contribution in [0, 0.1) is 0 Å². The summed E-state index contributed by atoms with van der Waals surface area (Å²) in [5.74, 6) is 0. The maximum Gasteiger partial charge on any atom is 0.306 e. The molecule has 3 atom stereocenters. The third-order valence-electron chi connectivity index (χ3n) is 1.95. The van der Waals surface area contributed by atoms with Gasteiger partial charge in [-0.3, -0.25) is 4.18 Å². The van der Waals surface area contributed by atoms with Crippen molar-refractivity contribution in [3.63, 3.8) is 0 Å². The highest BCUT2D eigenvalue weighted by Gasteiger charge is 2.37. The highest BCUT2D eigenvalue weighted by Crippen LogP contribution is 2.37. The molecule has 1 aliphatic rings. The lowest BCUT2D eigenvalue weighted by atomic mass is 9.96. The number of hydrogen-bond acceptors (Lipinski definition) is 3. The molecule has 3 nitrogen and oxygen atoms in total. The molecule has 1 saturated carbocycles. The zero-order valence-corrected chi connectivity index (χ0v) is 8.87. The van der Waals surface area contributed by atoms with Crippen LogP contribution in [0.5, 0.6) is 0 Å². The van der Waals surface area contributed by atoms with Crippen molar-refractivity contribution in [1.82, 2.24) is 0 Å². The third-order valence-corrected chi connectivity index (χ3v) is 3.19. The first-order valence-electron chi connectivity index (χ1n) is 4.04. The SMILES string of the molecule is COS(=O)OC1(Cl)CCCC(F)C1. The number of hydrogen-bond donors (Lipinski definition) is 0. The first kappa shape index (κ1) is 11.4. The van der Waals surface area contributed by atoms with Crippen LogP contribution in [0.1, 0.15) is 25.7 Å². The van der Waals surface area contributed by atoms with E-state index in [4.69, 9.17) is 15.8 Å². The average Bonchev–Trinajstić information content (AvgIpc) is 2.02. The van der Waals surface area contributed by atoms with Gasteiger partial charge in [0.15, 0.2) is 5.06 Å². The Balaban J connectivity index is 2.49. The zero-order valence-electron chi connectivity index (χ0n) is 7.29. The van der Waals surface area contributed by atoms with E-state index in [1.54, 1.807) is 0 Å². The van der Waals surface area contributed by atoms with E-state index < -0.39 is 22.6 Å². The summed E-state index contributed by atoms with van der Waals surface area (Å²) in [7, 11) is 1.24. The van der Waals surface area contributed by atoms with Crippen LogP contribution in [0.2, 0.25) is 0 Å². The predicted octanol–water partition coefficient (Wildman–Crippen LogP) is 2.08. The predicted molar refractivity (Wildman–Crippen MR) is 48.2 cm³/mol. The Kier molecular flexibility index (Phi) is 4.09. The maximum atomic E-state index is 12.9. The van der Waals surface area contributed by atoms with Crippen molar-refractivity contribution >= 4 is 23.0 Å². The third kappa shape index (κ3) is 3.50. The van der Waals surface area contributed by atoms with Crippen molar-refractivity contribution in [3.8, 4) is 0 Å². The lowest BCUT2D eigenvalue weighted by Crippen LogP contribution is -2.34. The molecule has 1 fully saturated rings. The Morgan fingerprint density at radius 1 is 1.69 bits per heavy atom. The number of alkyl halides is 2. The van der Waals surface area contributed by atoms with Gasteiger partial charge in [0, 0.05) is 6.42 Å². The Hall–Kier alpha value is 0.290. The summed E-state index contributed by atoms with van der Waals surface area (Å²) >= 11 is 4.03. The summed E-state index contributed by atoms with van der Waals surface area (Å²) in [5, 5.41) is -1.15. The van der Waals surface area contributed by atoms with E-state index in [0.29, 0.717) is 19.3 Å². The fourth-order valence-electron chi connectivity index (χ4n) is 1.35. The van der Waals surface area contributed by atoms with E-state index in [1.165, 1.54) is 7.11 Å². The second kappa shape index (κ2) is 4.68. The number of halogens is 2. The quantitative estimate of drug-likeness (QED) is 0.697. The first-order valence-corrected chi connectivity index (χ1v) is 5.42. The topological polar surface area (TPSA) is 35.5 Å². The van der Waals surface area contributed by atoms with Gasteiger partial charge in [0.05, 0.1) is 7.11 Å². The van der Waals surface area contributed by atoms with Crippen LogP contribution in [0.4, 0.5) is 4.39 Å².